The Balaban J connectivity index is 1.56. The molecule has 0 bridgehead atoms. The van der Waals surface area contributed by atoms with Gasteiger partial charge in [0.15, 0.2) is 17.0 Å². The second-order valence-corrected chi connectivity index (χ2v) is 8.61. The van der Waals surface area contributed by atoms with E-state index in [9.17, 15) is 9.59 Å². The van der Waals surface area contributed by atoms with Crippen molar-refractivity contribution in [3.63, 3.8) is 0 Å². The second kappa shape index (κ2) is 10.3. The lowest BCUT2D eigenvalue weighted by molar-refractivity contribution is 0.184. The normalized spacial score (nSPS) is 11.4. The van der Waals surface area contributed by atoms with E-state index in [-0.39, 0.29) is 24.4 Å². The van der Waals surface area contributed by atoms with Crippen molar-refractivity contribution in [3.05, 3.63) is 80.8 Å². The van der Waals surface area contributed by atoms with E-state index in [2.05, 4.69) is 20.6 Å². The standard InChI is InChI=1S/C26H28N8O3/c1-4-21-27-24-22(25(35)33(14-15-37-3)26(36)32(24)5-2)34(21)16-17-10-12-18(13-11-17)19-8-6-7-9-20(19)23-28-30-31-29-23/h6-13H,4-5,14-16H2,1-3H3,(H,28,29,30,31). The first-order chi connectivity index (χ1) is 18.1. The van der Waals surface area contributed by atoms with Crippen LogP contribution in [0.1, 0.15) is 25.2 Å². The minimum atomic E-state index is -0.366. The van der Waals surface area contributed by atoms with Crippen LogP contribution >= 0.6 is 0 Å². The predicted molar refractivity (Wildman–Crippen MR) is 139 cm³/mol. The summed E-state index contributed by atoms with van der Waals surface area (Å²) in [6.45, 7) is 5.19. The predicted octanol–water partition coefficient (Wildman–Crippen LogP) is 2.48. The average Bonchev–Trinajstić information content (AvgIpc) is 3.58. The van der Waals surface area contributed by atoms with Crippen molar-refractivity contribution in [3.8, 4) is 22.5 Å². The fourth-order valence-corrected chi connectivity index (χ4v) is 4.63. The highest BCUT2D eigenvalue weighted by atomic mass is 16.5. The van der Waals surface area contributed by atoms with Crippen molar-refractivity contribution in [2.24, 2.45) is 0 Å². The Morgan fingerprint density at radius 2 is 1.70 bits per heavy atom. The van der Waals surface area contributed by atoms with Crippen LogP contribution in [0.15, 0.2) is 58.1 Å². The maximum absolute atomic E-state index is 13.5. The van der Waals surface area contributed by atoms with Gasteiger partial charge in [-0.2, -0.15) is 0 Å². The van der Waals surface area contributed by atoms with Crippen molar-refractivity contribution in [2.45, 2.75) is 39.9 Å². The van der Waals surface area contributed by atoms with E-state index < -0.39 is 0 Å². The Bertz CT molecular complexity index is 1650. The number of aryl methyl sites for hydroxylation is 2. The molecular weight excluding hydrogens is 472 g/mol. The van der Waals surface area contributed by atoms with Crippen LogP contribution in [0.2, 0.25) is 0 Å². The van der Waals surface area contributed by atoms with E-state index in [1.165, 1.54) is 4.57 Å². The third-order valence-electron chi connectivity index (χ3n) is 6.48. The Morgan fingerprint density at radius 3 is 2.35 bits per heavy atom. The summed E-state index contributed by atoms with van der Waals surface area (Å²) in [5.74, 6) is 1.36. The van der Waals surface area contributed by atoms with Gasteiger partial charge in [0, 0.05) is 32.2 Å². The highest BCUT2D eigenvalue weighted by Crippen LogP contribution is 2.30. The van der Waals surface area contributed by atoms with Gasteiger partial charge in [-0.05, 0) is 34.0 Å². The molecule has 0 aliphatic rings. The molecule has 0 radical (unpaired) electrons. The SMILES string of the molecule is CCc1nc2c(c(=O)n(CCOC)c(=O)n2CC)n1Cc1ccc(-c2ccccc2-c2nnn[nH]2)cc1. The maximum atomic E-state index is 13.5. The Kier molecular flexibility index (Phi) is 6.78. The third-order valence-corrected chi connectivity index (χ3v) is 6.48. The zero-order chi connectivity index (χ0) is 25.9. The summed E-state index contributed by atoms with van der Waals surface area (Å²) >= 11 is 0. The highest BCUT2D eigenvalue weighted by molar-refractivity contribution is 5.80. The van der Waals surface area contributed by atoms with Crippen LogP contribution in [0.5, 0.6) is 0 Å². The number of hydrogen-bond acceptors (Lipinski definition) is 7. The molecule has 5 aromatic rings. The van der Waals surface area contributed by atoms with Crippen LogP contribution in [0.3, 0.4) is 0 Å². The molecule has 3 heterocycles. The fourth-order valence-electron chi connectivity index (χ4n) is 4.63. The largest absolute Gasteiger partial charge is 0.383 e. The zero-order valence-corrected chi connectivity index (χ0v) is 21.0. The molecule has 3 aromatic heterocycles. The summed E-state index contributed by atoms with van der Waals surface area (Å²) in [6.07, 6.45) is 0.626. The Morgan fingerprint density at radius 1 is 0.946 bits per heavy atom. The number of ether oxygens (including phenoxy) is 1. The number of hydrogen-bond donors (Lipinski definition) is 1. The monoisotopic (exact) mass is 500 g/mol. The van der Waals surface area contributed by atoms with Crippen molar-refractivity contribution >= 4 is 11.2 Å². The van der Waals surface area contributed by atoms with Crippen LogP contribution in [-0.4, -0.2) is 53.0 Å². The van der Waals surface area contributed by atoms with Gasteiger partial charge in [-0.1, -0.05) is 55.5 Å². The molecule has 190 valence electrons. The number of imidazole rings is 1. The van der Waals surface area contributed by atoms with Crippen molar-refractivity contribution < 1.29 is 4.74 Å². The second-order valence-electron chi connectivity index (χ2n) is 8.61. The molecule has 0 spiro atoms. The lowest BCUT2D eigenvalue weighted by atomic mass is 9.98. The van der Waals surface area contributed by atoms with E-state index in [1.54, 1.807) is 11.7 Å². The number of aromatic nitrogens is 8. The smallest absolute Gasteiger partial charge is 0.332 e. The number of H-pyrrole nitrogens is 1. The molecule has 2 aromatic carbocycles. The van der Waals surface area contributed by atoms with Gasteiger partial charge in [-0.25, -0.2) is 14.9 Å². The molecule has 5 rings (SSSR count). The third kappa shape index (κ3) is 4.38. The molecule has 0 atom stereocenters. The number of nitrogens with zero attached hydrogens (tertiary/aromatic N) is 7. The average molecular weight is 501 g/mol. The lowest BCUT2D eigenvalue weighted by Crippen LogP contribution is -2.41. The summed E-state index contributed by atoms with van der Waals surface area (Å²) < 4.78 is 9.85. The molecule has 0 unspecified atom stereocenters. The first-order valence-corrected chi connectivity index (χ1v) is 12.2. The van der Waals surface area contributed by atoms with Crippen LogP contribution in [0, 0.1) is 0 Å². The molecule has 37 heavy (non-hydrogen) atoms. The van der Waals surface area contributed by atoms with Crippen LogP contribution in [0.4, 0.5) is 0 Å². The van der Waals surface area contributed by atoms with Crippen molar-refractivity contribution in [1.82, 2.24) is 39.3 Å². The highest BCUT2D eigenvalue weighted by Gasteiger charge is 2.20. The maximum Gasteiger partial charge on any atom is 0.332 e. The van der Waals surface area contributed by atoms with Gasteiger partial charge >= 0.3 is 5.69 Å². The van der Waals surface area contributed by atoms with Gasteiger partial charge in [0.05, 0.1) is 13.2 Å². The van der Waals surface area contributed by atoms with E-state index in [0.29, 0.717) is 36.5 Å². The van der Waals surface area contributed by atoms with E-state index in [1.807, 2.05) is 66.9 Å². The Hall–Kier alpha value is -4.38. The number of benzene rings is 2. The summed E-state index contributed by atoms with van der Waals surface area (Å²) in [5, 5.41) is 14.3. The summed E-state index contributed by atoms with van der Waals surface area (Å²) in [4.78, 5) is 31.2. The minimum Gasteiger partial charge on any atom is -0.383 e. The van der Waals surface area contributed by atoms with Gasteiger partial charge in [0.1, 0.15) is 5.82 Å². The molecule has 0 fully saturated rings. The molecule has 1 N–H and O–H groups in total. The van der Waals surface area contributed by atoms with E-state index in [4.69, 9.17) is 9.72 Å². The first-order valence-electron chi connectivity index (χ1n) is 12.2. The lowest BCUT2D eigenvalue weighted by Gasteiger charge is -2.12. The van der Waals surface area contributed by atoms with Gasteiger partial charge in [-0.3, -0.25) is 13.9 Å². The molecule has 0 aliphatic carbocycles. The van der Waals surface area contributed by atoms with Crippen molar-refractivity contribution in [1.29, 1.82) is 0 Å². The molecule has 0 amide bonds. The van der Waals surface area contributed by atoms with Crippen LogP contribution < -0.4 is 11.2 Å². The number of methoxy groups -OCH3 is 1. The minimum absolute atomic E-state index is 0.186. The fraction of sp³-hybridized carbons (Fsp3) is 0.308. The van der Waals surface area contributed by atoms with Crippen LogP contribution in [0.25, 0.3) is 33.7 Å². The quantitative estimate of drug-likeness (QED) is 0.330. The molecule has 0 saturated heterocycles. The number of aromatic amines is 1. The van der Waals surface area contributed by atoms with E-state index >= 15 is 0 Å². The van der Waals surface area contributed by atoms with Gasteiger partial charge in [0.2, 0.25) is 0 Å². The summed E-state index contributed by atoms with van der Waals surface area (Å²) in [7, 11) is 1.55. The molecular formula is C26H28N8O3. The zero-order valence-electron chi connectivity index (χ0n) is 21.0. The van der Waals surface area contributed by atoms with Gasteiger partial charge < -0.3 is 9.30 Å². The van der Waals surface area contributed by atoms with Crippen LogP contribution in [-0.2, 0) is 30.8 Å². The van der Waals surface area contributed by atoms with Gasteiger partial charge in [-0.15, -0.1) is 5.10 Å². The van der Waals surface area contributed by atoms with Gasteiger partial charge in [0.25, 0.3) is 5.56 Å². The molecule has 11 nitrogen and oxygen atoms in total. The van der Waals surface area contributed by atoms with Crippen molar-refractivity contribution in [2.75, 3.05) is 13.7 Å². The number of rotatable bonds is 9. The first kappa shape index (κ1) is 24.3. The van der Waals surface area contributed by atoms with E-state index in [0.717, 1.165) is 28.1 Å². The molecule has 0 aliphatic heterocycles. The topological polar surface area (TPSA) is 126 Å². The molecule has 0 saturated carbocycles. The summed E-state index contributed by atoms with van der Waals surface area (Å²) in [5.41, 5.74) is 4.08. The number of nitrogens with one attached hydrogen (secondary N) is 1. The number of tetrazole rings is 1. The number of fused-ring (bicyclic) bond motifs is 1. The summed E-state index contributed by atoms with van der Waals surface area (Å²) in [6, 6.07) is 16.1. The molecule has 11 heteroatoms. The Labute approximate surface area is 212 Å².